The number of nitrogens with two attached hydrogens (primary N) is 1. The van der Waals surface area contributed by atoms with Gasteiger partial charge >= 0.3 is 6.18 Å². The molecule has 1 atom stereocenters. The zero-order valence-corrected chi connectivity index (χ0v) is 16.1. The van der Waals surface area contributed by atoms with Crippen LogP contribution >= 0.6 is 11.6 Å². The molecule has 0 bridgehead atoms. The van der Waals surface area contributed by atoms with Gasteiger partial charge in [-0.15, -0.1) is 0 Å². The first-order valence-electron chi connectivity index (χ1n) is 8.89. The van der Waals surface area contributed by atoms with Gasteiger partial charge in [-0.25, -0.2) is 9.97 Å². The monoisotopic (exact) mass is 414 g/mol. The number of benzene rings is 1. The van der Waals surface area contributed by atoms with Crippen LogP contribution in [0.3, 0.4) is 0 Å². The van der Waals surface area contributed by atoms with Gasteiger partial charge in [0.1, 0.15) is 17.2 Å². The maximum absolute atomic E-state index is 12.8. The lowest BCUT2D eigenvalue weighted by Crippen LogP contribution is -2.49. The van der Waals surface area contributed by atoms with E-state index in [1.165, 1.54) is 18.5 Å². The molecule has 1 fully saturated rings. The van der Waals surface area contributed by atoms with Crippen LogP contribution in [-0.2, 0) is 6.18 Å². The van der Waals surface area contributed by atoms with E-state index >= 15 is 0 Å². The van der Waals surface area contributed by atoms with Crippen molar-refractivity contribution in [2.45, 2.75) is 12.2 Å². The Hall–Kier alpha value is -2.10. The quantitative estimate of drug-likeness (QED) is 0.783. The summed E-state index contributed by atoms with van der Waals surface area (Å²) in [6.07, 6.45) is -2.88. The highest BCUT2D eigenvalue weighted by molar-refractivity contribution is 6.35. The molecule has 0 amide bonds. The smallest absolute Gasteiger partial charge is 0.372 e. The third-order valence-electron chi connectivity index (χ3n) is 4.91. The highest BCUT2D eigenvalue weighted by Crippen LogP contribution is 2.32. The van der Waals surface area contributed by atoms with Crippen LogP contribution in [0.5, 0.6) is 0 Å². The minimum absolute atomic E-state index is 0.141. The van der Waals surface area contributed by atoms with E-state index < -0.39 is 11.7 Å². The Morgan fingerprint density at radius 2 is 1.79 bits per heavy atom. The van der Waals surface area contributed by atoms with E-state index in [1.807, 2.05) is 0 Å². The molecule has 1 saturated heterocycles. The fraction of sp³-hybridized carbons (Fsp3) is 0.444. The minimum Gasteiger partial charge on any atom is -0.372 e. The normalized spacial score (nSPS) is 16.9. The van der Waals surface area contributed by atoms with Gasteiger partial charge in [-0.1, -0.05) is 23.7 Å². The molecule has 152 valence electrons. The number of piperazine rings is 1. The molecular weight excluding hydrogens is 393 g/mol. The van der Waals surface area contributed by atoms with E-state index in [2.05, 4.69) is 25.1 Å². The van der Waals surface area contributed by atoms with Crippen molar-refractivity contribution < 1.29 is 13.2 Å². The summed E-state index contributed by atoms with van der Waals surface area (Å²) in [5.41, 5.74) is 6.06. The highest BCUT2D eigenvalue weighted by Gasteiger charge is 2.31. The summed E-state index contributed by atoms with van der Waals surface area (Å²) >= 11 is 6.36. The van der Waals surface area contributed by atoms with Crippen molar-refractivity contribution in [3.63, 3.8) is 0 Å². The molecule has 0 radical (unpaired) electrons. The van der Waals surface area contributed by atoms with Crippen molar-refractivity contribution in [2.24, 2.45) is 5.73 Å². The molecule has 1 aromatic carbocycles. The zero-order chi connectivity index (χ0) is 20.3. The number of halogens is 4. The third kappa shape index (κ3) is 4.31. The molecule has 1 aromatic heterocycles. The van der Waals surface area contributed by atoms with Crippen molar-refractivity contribution in [3.05, 3.63) is 46.7 Å². The third-order valence-corrected chi connectivity index (χ3v) is 5.26. The lowest BCUT2D eigenvalue weighted by atomic mass is 10.0. The van der Waals surface area contributed by atoms with E-state index in [9.17, 15) is 13.2 Å². The number of nitrogens with one attached hydrogen (secondary N) is 1. The van der Waals surface area contributed by atoms with E-state index in [0.717, 1.165) is 17.7 Å². The first-order chi connectivity index (χ1) is 13.3. The Balaban J connectivity index is 1.69. The van der Waals surface area contributed by atoms with Gasteiger partial charge in [0.05, 0.1) is 5.56 Å². The largest absolute Gasteiger partial charge is 0.416 e. The maximum Gasteiger partial charge on any atom is 0.416 e. The molecule has 2 aromatic rings. The zero-order valence-electron chi connectivity index (χ0n) is 15.4. The van der Waals surface area contributed by atoms with Gasteiger partial charge in [0.25, 0.3) is 0 Å². The molecular formula is C18H22ClF3N6. The molecule has 1 unspecified atom stereocenters. The van der Waals surface area contributed by atoms with E-state index in [-0.39, 0.29) is 6.04 Å². The van der Waals surface area contributed by atoms with E-state index in [4.69, 9.17) is 17.3 Å². The van der Waals surface area contributed by atoms with Crippen LogP contribution in [0.4, 0.5) is 24.8 Å². The summed E-state index contributed by atoms with van der Waals surface area (Å²) in [5, 5.41) is 3.40. The van der Waals surface area contributed by atoms with Crippen molar-refractivity contribution in [1.82, 2.24) is 14.9 Å². The van der Waals surface area contributed by atoms with Crippen LogP contribution in [0.2, 0.25) is 5.02 Å². The van der Waals surface area contributed by atoms with Crippen molar-refractivity contribution in [3.8, 4) is 0 Å². The van der Waals surface area contributed by atoms with E-state index in [1.54, 1.807) is 7.05 Å². The summed E-state index contributed by atoms with van der Waals surface area (Å²) in [6, 6.07) is 5.08. The highest BCUT2D eigenvalue weighted by atomic mass is 35.5. The molecule has 3 N–H and O–H groups in total. The van der Waals surface area contributed by atoms with Gasteiger partial charge in [0, 0.05) is 45.8 Å². The summed E-state index contributed by atoms with van der Waals surface area (Å²) in [7, 11) is 1.74. The van der Waals surface area contributed by atoms with Crippen LogP contribution in [-0.4, -0.2) is 54.6 Å². The average molecular weight is 415 g/mol. The Morgan fingerprint density at radius 1 is 1.14 bits per heavy atom. The van der Waals surface area contributed by atoms with Gasteiger partial charge in [-0.2, -0.15) is 13.2 Å². The number of anilines is 2. The number of nitrogens with zero attached hydrogens (tertiary/aromatic N) is 4. The van der Waals surface area contributed by atoms with Gasteiger partial charge in [-0.05, 0) is 17.7 Å². The van der Waals surface area contributed by atoms with Crippen molar-refractivity contribution in [1.29, 1.82) is 0 Å². The second-order valence-electron chi connectivity index (χ2n) is 6.50. The number of aromatic nitrogens is 2. The van der Waals surface area contributed by atoms with Crippen LogP contribution in [0, 0.1) is 0 Å². The molecule has 28 heavy (non-hydrogen) atoms. The predicted molar refractivity (Wildman–Crippen MR) is 104 cm³/mol. The first kappa shape index (κ1) is 20.6. The lowest BCUT2D eigenvalue weighted by molar-refractivity contribution is -0.137. The Kier molecular flexibility index (Phi) is 6.26. The van der Waals surface area contributed by atoms with Crippen molar-refractivity contribution >= 4 is 23.2 Å². The molecule has 1 aliphatic heterocycles. The fourth-order valence-electron chi connectivity index (χ4n) is 3.39. The molecule has 10 heteroatoms. The Bertz CT molecular complexity index is 791. The number of alkyl halides is 3. The Morgan fingerprint density at radius 3 is 2.32 bits per heavy atom. The summed E-state index contributed by atoms with van der Waals surface area (Å²) in [4.78, 5) is 12.6. The molecule has 0 aliphatic carbocycles. The predicted octanol–water partition coefficient (Wildman–Crippen LogP) is 3.01. The average Bonchev–Trinajstić information content (AvgIpc) is 2.69. The van der Waals surface area contributed by atoms with Crippen LogP contribution < -0.4 is 16.0 Å². The molecule has 2 heterocycles. The lowest BCUT2D eigenvalue weighted by Gasteiger charge is -2.39. The maximum atomic E-state index is 12.8. The second kappa shape index (κ2) is 8.50. The fourth-order valence-corrected chi connectivity index (χ4v) is 3.70. The number of hydrogen-bond acceptors (Lipinski definition) is 6. The van der Waals surface area contributed by atoms with Crippen LogP contribution in [0.1, 0.15) is 17.2 Å². The van der Waals surface area contributed by atoms with Gasteiger partial charge in [-0.3, -0.25) is 4.90 Å². The Labute approximate surface area is 166 Å². The molecule has 0 saturated carbocycles. The molecule has 6 nitrogen and oxygen atoms in total. The topological polar surface area (TPSA) is 70.3 Å². The summed E-state index contributed by atoms with van der Waals surface area (Å²) < 4.78 is 38.3. The molecule has 0 spiro atoms. The standard InChI is InChI=1S/C18H22ClF3N6/c1-24-16-15(19)17(26-11-25-16)28-8-6-27(7-9-28)14(10-23)12-2-4-13(5-3-12)18(20,21)22/h2-5,11,14H,6-10,23H2,1H3,(H,24,25,26). The van der Waals surface area contributed by atoms with Crippen molar-refractivity contribution in [2.75, 3.05) is 50.0 Å². The first-order valence-corrected chi connectivity index (χ1v) is 9.27. The van der Waals surface area contributed by atoms with Gasteiger partial charge in [0.2, 0.25) is 0 Å². The number of rotatable bonds is 5. The van der Waals surface area contributed by atoms with Crippen LogP contribution in [0.25, 0.3) is 0 Å². The number of hydrogen-bond donors (Lipinski definition) is 2. The minimum atomic E-state index is -4.34. The second-order valence-corrected chi connectivity index (χ2v) is 6.88. The SMILES string of the molecule is CNc1ncnc(N2CCN(C(CN)c3ccc(C(F)(F)F)cc3)CC2)c1Cl. The molecule has 1 aliphatic rings. The molecule has 3 rings (SSSR count). The summed E-state index contributed by atoms with van der Waals surface area (Å²) in [6.45, 7) is 3.06. The van der Waals surface area contributed by atoms with Crippen LogP contribution in [0.15, 0.2) is 30.6 Å². The summed E-state index contributed by atoms with van der Waals surface area (Å²) in [5.74, 6) is 1.23. The van der Waals surface area contributed by atoms with E-state index in [0.29, 0.717) is 49.4 Å². The van der Waals surface area contributed by atoms with Gasteiger partial charge in [0.15, 0.2) is 5.82 Å². The van der Waals surface area contributed by atoms with Gasteiger partial charge < -0.3 is 16.0 Å².